The topological polar surface area (TPSA) is 110 Å². The third-order valence-electron chi connectivity index (χ3n) is 6.14. The van der Waals surface area contributed by atoms with Gasteiger partial charge in [-0.3, -0.25) is 4.98 Å². The molecule has 4 heterocycles. The number of halogens is 2. The highest BCUT2D eigenvalue weighted by molar-refractivity contribution is 5.89. The van der Waals surface area contributed by atoms with Crippen molar-refractivity contribution in [2.24, 2.45) is 0 Å². The van der Waals surface area contributed by atoms with Gasteiger partial charge in [-0.1, -0.05) is 12.1 Å². The molecular formula is C23H21F2N7O2. The fourth-order valence-electron chi connectivity index (χ4n) is 4.17. The second kappa shape index (κ2) is 8.73. The summed E-state index contributed by atoms with van der Waals surface area (Å²) < 4.78 is 30.4. The largest absolute Gasteiger partial charge is 0.478 e. The second-order valence-corrected chi connectivity index (χ2v) is 8.15. The molecule has 1 N–H and O–H groups in total. The van der Waals surface area contributed by atoms with Crippen LogP contribution in [0.4, 0.5) is 14.7 Å². The lowest BCUT2D eigenvalue weighted by molar-refractivity contribution is 0.0690. The molecule has 0 amide bonds. The Morgan fingerprint density at radius 1 is 1.09 bits per heavy atom. The van der Waals surface area contributed by atoms with Crippen LogP contribution >= 0.6 is 0 Å². The molecule has 11 heteroatoms. The lowest BCUT2D eigenvalue weighted by atomic mass is 10.0. The SMILES string of the molecule is CCc1cnc(N2CCC(n3nnc4cc(-c5ccc(C(=O)O)c(F)c5F)ncc43)CC2)nc1. The molecule has 1 aromatic carbocycles. The van der Waals surface area contributed by atoms with E-state index in [0.717, 1.165) is 44.0 Å². The molecule has 9 nitrogen and oxygen atoms in total. The number of hydrogen-bond acceptors (Lipinski definition) is 7. The Balaban J connectivity index is 1.36. The Labute approximate surface area is 193 Å². The van der Waals surface area contributed by atoms with Gasteiger partial charge in [0.15, 0.2) is 11.6 Å². The Morgan fingerprint density at radius 3 is 2.50 bits per heavy atom. The van der Waals surface area contributed by atoms with E-state index >= 15 is 0 Å². The molecule has 0 radical (unpaired) electrons. The van der Waals surface area contributed by atoms with Crippen molar-refractivity contribution in [3.8, 4) is 11.3 Å². The van der Waals surface area contributed by atoms with E-state index in [4.69, 9.17) is 5.11 Å². The number of fused-ring (bicyclic) bond motifs is 1. The van der Waals surface area contributed by atoms with Crippen LogP contribution in [0.3, 0.4) is 0 Å². The highest BCUT2D eigenvalue weighted by atomic mass is 19.2. The van der Waals surface area contributed by atoms with E-state index in [-0.39, 0.29) is 17.3 Å². The second-order valence-electron chi connectivity index (χ2n) is 8.15. The number of carboxylic acids is 1. The number of rotatable bonds is 5. The first-order valence-electron chi connectivity index (χ1n) is 10.9. The van der Waals surface area contributed by atoms with Crippen molar-refractivity contribution in [1.29, 1.82) is 0 Å². The summed E-state index contributed by atoms with van der Waals surface area (Å²) in [7, 11) is 0. The number of anilines is 1. The number of hydrogen-bond donors (Lipinski definition) is 1. The van der Waals surface area contributed by atoms with E-state index in [0.29, 0.717) is 17.0 Å². The molecule has 1 aliphatic heterocycles. The Bertz CT molecular complexity index is 1370. The summed E-state index contributed by atoms with van der Waals surface area (Å²) in [4.78, 5) is 26.4. The molecule has 0 atom stereocenters. The summed E-state index contributed by atoms with van der Waals surface area (Å²) in [6.45, 7) is 3.60. The molecule has 1 aliphatic rings. The smallest absolute Gasteiger partial charge is 0.338 e. The number of piperidine rings is 1. The van der Waals surface area contributed by atoms with Gasteiger partial charge in [0.25, 0.3) is 0 Å². The van der Waals surface area contributed by atoms with Crippen LogP contribution in [-0.4, -0.2) is 54.1 Å². The average Bonchev–Trinajstić information content (AvgIpc) is 3.29. The van der Waals surface area contributed by atoms with Crippen LogP contribution in [0.1, 0.15) is 41.7 Å². The third kappa shape index (κ3) is 3.82. The number of carbonyl (C=O) groups is 1. The lowest BCUT2D eigenvalue weighted by Crippen LogP contribution is -2.36. The number of carboxylic acid groups (broad SMARTS) is 1. The third-order valence-corrected chi connectivity index (χ3v) is 6.14. The normalized spacial score (nSPS) is 14.6. The zero-order valence-electron chi connectivity index (χ0n) is 18.3. The van der Waals surface area contributed by atoms with E-state index in [1.807, 2.05) is 17.1 Å². The first-order valence-corrected chi connectivity index (χ1v) is 10.9. The first-order chi connectivity index (χ1) is 16.5. The molecule has 5 rings (SSSR count). The molecule has 0 saturated carbocycles. The van der Waals surface area contributed by atoms with Crippen LogP contribution in [0.25, 0.3) is 22.3 Å². The molecule has 1 saturated heterocycles. The summed E-state index contributed by atoms with van der Waals surface area (Å²) in [5, 5.41) is 17.5. The van der Waals surface area contributed by atoms with Crippen molar-refractivity contribution in [2.75, 3.05) is 18.0 Å². The quantitative estimate of drug-likeness (QED) is 0.476. The molecule has 174 valence electrons. The van der Waals surface area contributed by atoms with Crippen molar-refractivity contribution in [2.45, 2.75) is 32.2 Å². The highest BCUT2D eigenvalue weighted by Gasteiger charge is 2.25. The summed E-state index contributed by atoms with van der Waals surface area (Å²) in [5.41, 5.74) is 1.56. The predicted octanol–water partition coefficient (Wildman–Crippen LogP) is 3.66. The monoisotopic (exact) mass is 465 g/mol. The van der Waals surface area contributed by atoms with Crippen LogP contribution in [0, 0.1) is 11.6 Å². The van der Waals surface area contributed by atoms with E-state index < -0.39 is 23.2 Å². The van der Waals surface area contributed by atoms with Gasteiger partial charge in [0, 0.05) is 31.0 Å². The van der Waals surface area contributed by atoms with Crippen LogP contribution < -0.4 is 4.90 Å². The van der Waals surface area contributed by atoms with Gasteiger partial charge >= 0.3 is 5.97 Å². The molecule has 1 fully saturated rings. The minimum atomic E-state index is -1.54. The summed E-state index contributed by atoms with van der Waals surface area (Å²) >= 11 is 0. The van der Waals surface area contributed by atoms with Gasteiger partial charge in [0.1, 0.15) is 11.0 Å². The van der Waals surface area contributed by atoms with Crippen LogP contribution in [-0.2, 0) is 6.42 Å². The fraction of sp³-hybridized carbons (Fsp3) is 0.304. The van der Waals surface area contributed by atoms with Gasteiger partial charge in [-0.2, -0.15) is 0 Å². The molecule has 0 bridgehead atoms. The first kappa shape index (κ1) is 21.8. The molecule has 0 aliphatic carbocycles. The predicted molar refractivity (Wildman–Crippen MR) is 120 cm³/mol. The number of aryl methyl sites for hydroxylation is 1. The average molecular weight is 465 g/mol. The van der Waals surface area contributed by atoms with E-state index in [2.05, 4.69) is 37.1 Å². The fourth-order valence-corrected chi connectivity index (χ4v) is 4.17. The molecule has 0 unspecified atom stereocenters. The highest BCUT2D eigenvalue weighted by Crippen LogP contribution is 2.30. The van der Waals surface area contributed by atoms with Gasteiger partial charge in [0.2, 0.25) is 5.95 Å². The van der Waals surface area contributed by atoms with Gasteiger partial charge in [-0.05, 0) is 43.0 Å². The molecule has 3 aromatic heterocycles. The van der Waals surface area contributed by atoms with Gasteiger partial charge in [0.05, 0.1) is 23.5 Å². The van der Waals surface area contributed by atoms with Crippen LogP contribution in [0.2, 0.25) is 0 Å². The standard InChI is InChI=1S/C23H21F2N7O2/c1-2-13-10-27-23(28-11-13)31-7-5-14(6-8-31)32-19-12-26-17(9-18(19)29-30-32)15-3-4-16(22(33)34)21(25)20(15)24/h3-4,9-12,14H,2,5-8H2,1H3,(H,33,34). The van der Waals surface area contributed by atoms with Crippen molar-refractivity contribution in [1.82, 2.24) is 29.9 Å². The van der Waals surface area contributed by atoms with Gasteiger partial charge in [-0.15, -0.1) is 5.10 Å². The molecule has 34 heavy (non-hydrogen) atoms. The number of aromatic nitrogens is 6. The van der Waals surface area contributed by atoms with Gasteiger partial charge < -0.3 is 10.0 Å². The molecular weight excluding hydrogens is 444 g/mol. The van der Waals surface area contributed by atoms with Crippen LogP contribution in [0.5, 0.6) is 0 Å². The number of nitrogens with zero attached hydrogens (tertiary/aromatic N) is 7. The zero-order valence-corrected chi connectivity index (χ0v) is 18.3. The number of benzene rings is 1. The van der Waals surface area contributed by atoms with Crippen molar-refractivity contribution in [3.63, 3.8) is 0 Å². The van der Waals surface area contributed by atoms with E-state index in [1.54, 1.807) is 0 Å². The Kier molecular flexibility index (Phi) is 5.60. The zero-order chi connectivity index (χ0) is 23.8. The number of aromatic carboxylic acids is 1. The molecule has 0 spiro atoms. The molecule has 4 aromatic rings. The Hall–Kier alpha value is -4.02. The maximum Gasteiger partial charge on any atom is 0.338 e. The lowest BCUT2D eigenvalue weighted by Gasteiger charge is -2.32. The number of pyridine rings is 1. The van der Waals surface area contributed by atoms with Crippen molar-refractivity contribution < 1.29 is 18.7 Å². The van der Waals surface area contributed by atoms with Crippen LogP contribution in [0.15, 0.2) is 36.8 Å². The minimum absolute atomic E-state index is 0.104. The summed E-state index contributed by atoms with van der Waals surface area (Å²) in [5.74, 6) is -3.50. The maximum atomic E-state index is 14.5. The van der Waals surface area contributed by atoms with Gasteiger partial charge in [-0.25, -0.2) is 28.2 Å². The van der Waals surface area contributed by atoms with Crippen molar-refractivity contribution in [3.05, 3.63) is 59.6 Å². The van der Waals surface area contributed by atoms with E-state index in [9.17, 15) is 13.6 Å². The van der Waals surface area contributed by atoms with E-state index in [1.165, 1.54) is 18.3 Å². The maximum absolute atomic E-state index is 14.5. The van der Waals surface area contributed by atoms with Crippen molar-refractivity contribution >= 4 is 23.0 Å². The Morgan fingerprint density at radius 2 is 1.82 bits per heavy atom. The summed E-state index contributed by atoms with van der Waals surface area (Å²) in [6, 6.07) is 3.85. The minimum Gasteiger partial charge on any atom is -0.478 e. The summed E-state index contributed by atoms with van der Waals surface area (Å²) in [6.07, 6.45) is 7.77.